The van der Waals surface area contributed by atoms with Gasteiger partial charge in [0.05, 0.1) is 0 Å². The maximum Gasteiger partial charge on any atom is 0.0215 e. The van der Waals surface area contributed by atoms with Gasteiger partial charge in [-0.25, -0.2) is 0 Å². The van der Waals surface area contributed by atoms with E-state index in [0.717, 1.165) is 0 Å². The van der Waals surface area contributed by atoms with E-state index in [1.807, 2.05) is 6.07 Å². The van der Waals surface area contributed by atoms with Crippen molar-refractivity contribution in [1.29, 1.82) is 0 Å². The molecule has 2 aromatic rings. The zero-order valence-corrected chi connectivity index (χ0v) is 9.00. The predicted octanol–water partition coefficient (Wildman–Crippen LogP) is 3.74. The van der Waals surface area contributed by atoms with E-state index in [0.29, 0.717) is 0 Å². The molecule has 0 unspecified atom stereocenters. The quantitative estimate of drug-likeness (QED) is 0.549. The fourth-order valence-corrected chi connectivity index (χ4v) is 2.55. The van der Waals surface area contributed by atoms with Crippen molar-refractivity contribution in [2.24, 2.45) is 0 Å². The van der Waals surface area contributed by atoms with Gasteiger partial charge in [0, 0.05) is 9.13 Å². The van der Waals surface area contributed by atoms with Gasteiger partial charge in [0.15, 0.2) is 0 Å². The van der Waals surface area contributed by atoms with Gasteiger partial charge in [0.25, 0.3) is 0 Å². The summed E-state index contributed by atoms with van der Waals surface area (Å²) in [5.41, 5.74) is 5.37. The highest BCUT2D eigenvalue weighted by Crippen LogP contribution is 2.48. The summed E-state index contributed by atoms with van der Waals surface area (Å²) in [4.78, 5) is 0. The first-order valence-electron chi connectivity index (χ1n) is 4.18. The Labute approximate surface area is 90.7 Å². The summed E-state index contributed by atoms with van der Waals surface area (Å²) in [5, 5.41) is 0. The largest absolute Gasteiger partial charge is 0.0616 e. The molecule has 0 nitrogen and oxygen atoms in total. The van der Waals surface area contributed by atoms with Crippen molar-refractivity contribution in [3.05, 3.63) is 46.0 Å². The maximum atomic E-state index is 3.28. The summed E-state index contributed by atoms with van der Waals surface area (Å²) in [5.74, 6) is 0. The summed E-state index contributed by atoms with van der Waals surface area (Å²) >= 11 is 2.38. The Hall–Kier alpha value is -0.830. The standard InChI is InChI=1S/C12H6I/c13-11-7-3-6-10-8-4-1-2-5-9(8)12(10)11/h1-5,7H. The summed E-state index contributed by atoms with van der Waals surface area (Å²) in [7, 11) is 0. The van der Waals surface area contributed by atoms with Crippen LogP contribution in [0.3, 0.4) is 0 Å². The second kappa shape index (κ2) is 2.58. The van der Waals surface area contributed by atoms with Gasteiger partial charge in [0.1, 0.15) is 0 Å². The van der Waals surface area contributed by atoms with Gasteiger partial charge in [0.2, 0.25) is 0 Å². The van der Waals surface area contributed by atoms with Gasteiger partial charge in [-0.15, -0.1) is 0 Å². The summed E-state index contributed by atoms with van der Waals surface area (Å²) < 4.78 is 1.32. The third kappa shape index (κ3) is 0.908. The minimum absolute atomic E-state index is 1.28. The van der Waals surface area contributed by atoms with E-state index >= 15 is 0 Å². The molecule has 1 heteroatoms. The summed E-state index contributed by atoms with van der Waals surface area (Å²) in [6, 6.07) is 15.9. The lowest BCUT2D eigenvalue weighted by atomic mass is 9.81. The van der Waals surface area contributed by atoms with Crippen molar-refractivity contribution in [2.45, 2.75) is 0 Å². The molecule has 0 atom stereocenters. The molecule has 0 amide bonds. The van der Waals surface area contributed by atoms with E-state index < -0.39 is 0 Å². The van der Waals surface area contributed by atoms with E-state index in [1.54, 1.807) is 0 Å². The molecule has 0 heterocycles. The van der Waals surface area contributed by atoms with Crippen molar-refractivity contribution < 1.29 is 0 Å². The molecule has 0 saturated carbocycles. The fraction of sp³-hybridized carbons (Fsp3) is 0. The van der Waals surface area contributed by atoms with Crippen LogP contribution in [-0.2, 0) is 0 Å². The van der Waals surface area contributed by atoms with Gasteiger partial charge < -0.3 is 0 Å². The van der Waals surface area contributed by atoms with Crippen LogP contribution in [-0.4, -0.2) is 0 Å². The normalized spacial score (nSPS) is 11.5. The highest BCUT2D eigenvalue weighted by molar-refractivity contribution is 14.1. The molecule has 0 saturated heterocycles. The Morgan fingerprint density at radius 2 is 1.77 bits per heavy atom. The van der Waals surface area contributed by atoms with Gasteiger partial charge >= 0.3 is 0 Å². The zero-order chi connectivity index (χ0) is 8.84. The molecule has 61 valence electrons. The van der Waals surface area contributed by atoms with Crippen LogP contribution in [0, 0.1) is 9.64 Å². The Morgan fingerprint density at radius 1 is 1.00 bits per heavy atom. The molecule has 3 rings (SSSR count). The van der Waals surface area contributed by atoms with Gasteiger partial charge in [-0.1, -0.05) is 30.3 Å². The maximum absolute atomic E-state index is 3.28. The number of hydrogen-bond donors (Lipinski definition) is 0. The number of fused-ring (bicyclic) bond motifs is 4. The Bertz CT molecular complexity index is 486. The van der Waals surface area contributed by atoms with E-state index in [9.17, 15) is 0 Å². The highest BCUT2D eigenvalue weighted by Gasteiger charge is 2.23. The Kier molecular flexibility index (Phi) is 1.50. The van der Waals surface area contributed by atoms with Crippen LogP contribution < -0.4 is 0 Å². The molecule has 0 aliphatic heterocycles. The highest BCUT2D eigenvalue weighted by atomic mass is 127. The number of benzene rings is 2. The first-order valence-corrected chi connectivity index (χ1v) is 5.26. The van der Waals surface area contributed by atoms with Crippen LogP contribution in [0.1, 0.15) is 0 Å². The molecule has 0 spiro atoms. The molecule has 0 fully saturated rings. The molecule has 13 heavy (non-hydrogen) atoms. The third-order valence-electron chi connectivity index (χ3n) is 2.41. The van der Waals surface area contributed by atoms with Gasteiger partial charge in [-0.05, 0) is 51.4 Å². The van der Waals surface area contributed by atoms with Crippen LogP contribution in [0.5, 0.6) is 0 Å². The topological polar surface area (TPSA) is 0 Å². The molecule has 0 aromatic heterocycles. The monoisotopic (exact) mass is 277 g/mol. The average molecular weight is 277 g/mol. The number of hydrogen-bond acceptors (Lipinski definition) is 0. The second-order valence-electron chi connectivity index (χ2n) is 3.12. The first kappa shape index (κ1) is 7.56. The Balaban J connectivity index is 2.35. The van der Waals surface area contributed by atoms with Crippen molar-refractivity contribution >= 4 is 22.6 Å². The fourth-order valence-electron chi connectivity index (χ4n) is 1.81. The lowest BCUT2D eigenvalue weighted by molar-refractivity contribution is 1.48. The molecule has 0 N–H and O–H groups in total. The zero-order valence-electron chi connectivity index (χ0n) is 6.84. The van der Waals surface area contributed by atoms with Crippen molar-refractivity contribution in [1.82, 2.24) is 0 Å². The molecule has 1 aliphatic carbocycles. The number of halogens is 1. The molecule has 0 bridgehead atoms. The van der Waals surface area contributed by atoms with E-state index in [4.69, 9.17) is 0 Å². The van der Waals surface area contributed by atoms with Crippen LogP contribution in [0.2, 0.25) is 0 Å². The smallest absolute Gasteiger partial charge is 0.0215 e. The van der Waals surface area contributed by atoms with Crippen LogP contribution in [0.25, 0.3) is 22.3 Å². The molecule has 1 radical (unpaired) electrons. The van der Waals surface area contributed by atoms with Crippen molar-refractivity contribution in [3.8, 4) is 22.3 Å². The van der Waals surface area contributed by atoms with Gasteiger partial charge in [-0.2, -0.15) is 0 Å². The first-order chi connectivity index (χ1) is 6.38. The van der Waals surface area contributed by atoms with Crippen molar-refractivity contribution in [2.75, 3.05) is 0 Å². The van der Waals surface area contributed by atoms with Crippen LogP contribution in [0.4, 0.5) is 0 Å². The summed E-state index contributed by atoms with van der Waals surface area (Å²) in [6.45, 7) is 0. The third-order valence-corrected chi connectivity index (χ3v) is 3.31. The minimum Gasteiger partial charge on any atom is -0.0616 e. The lowest BCUT2D eigenvalue weighted by Crippen LogP contribution is -2.00. The lowest BCUT2D eigenvalue weighted by Gasteiger charge is -2.24. The van der Waals surface area contributed by atoms with E-state index in [-0.39, 0.29) is 0 Å². The van der Waals surface area contributed by atoms with E-state index in [2.05, 4.69) is 59.0 Å². The molecule has 2 aromatic carbocycles. The summed E-state index contributed by atoms with van der Waals surface area (Å²) in [6.07, 6.45) is 0. The van der Waals surface area contributed by atoms with Gasteiger partial charge in [-0.3, -0.25) is 0 Å². The SMILES string of the molecule is Ic1cc[c]c2c1-c1ccccc1-2. The molecular weight excluding hydrogens is 271 g/mol. The predicted molar refractivity (Wildman–Crippen MR) is 62.4 cm³/mol. The Morgan fingerprint density at radius 3 is 2.62 bits per heavy atom. The average Bonchev–Trinajstić information content (AvgIpc) is 2.14. The number of rotatable bonds is 0. The van der Waals surface area contributed by atoms with Crippen molar-refractivity contribution in [3.63, 3.8) is 0 Å². The second-order valence-corrected chi connectivity index (χ2v) is 4.28. The molecule has 1 aliphatic rings. The van der Waals surface area contributed by atoms with E-state index in [1.165, 1.54) is 25.8 Å². The van der Waals surface area contributed by atoms with Crippen LogP contribution >= 0.6 is 22.6 Å². The van der Waals surface area contributed by atoms with Crippen LogP contribution in [0.15, 0.2) is 36.4 Å². The minimum atomic E-state index is 1.28. The molecular formula is C12H6I.